The maximum atomic E-state index is 11.6. The second-order valence-electron chi connectivity index (χ2n) is 3.18. The predicted octanol–water partition coefficient (Wildman–Crippen LogP) is 0.0634. The minimum absolute atomic E-state index is 0.0995. The first-order valence-corrected chi connectivity index (χ1v) is 4.83. The second kappa shape index (κ2) is 5.74. The van der Waals surface area contributed by atoms with Gasteiger partial charge in [-0.05, 0) is 6.42 Å². The number of nitrogens with zero attached hydrogens (tertiary/aromatic N) is 2. The van der Waals surface area contributed by atoms with E-state index in [-0.39, 0.29) is 18.3 Å². The number of nitrogens with two attached hydrogens (primary N) is 1. The fourth-order valence-electron chi connectivity index (χ4n) is 1.23. The van der Waals surface area contributed by atoms with Crippen molar-refractivity contribution >= 4 is 11.7 Å². The summed E-state index contributed by atoms with van der Waals surface area (Å²) >= 11 is 0. The number of amides is 1. The van der Waals surface area contributed by atoms with Crippen molar-refractivity contribution in [3.63, 3.8) is 0 Å². The van der Waals surface area contributed by atoms with Crippen LogP contribution in [0.2, 0.25) is 0 Å². The minimum atomic E-state index is -0.632. The number of aromatic nitrogens is 1. The molecule has 7 nitrogen and oxygen atoms in total. The van der Waals surface area contributed by atoms with Crippen LogP contribution in [0.3, 0.4) is 0 Å². The predicted molar refractivity (Wildman–Crippen MR) is 55.5 cm³/mol. The number of hydrogen-bond donors (Lipinski definition) is 3. The third-order valence-electron chi connectivity index (χ3n) is 2.13. The molecule has 0 saturated heterocycles. The lowest BCUT2D eigenvalue weighted by atomic mass is 10.0. The molecule has 0 spiro atoms. The molecule has 0 aliphatic rings. The van der Waals surface area contributed by atoms with Crippen LogP contribution in [0, 0.1) is 5.92 Å². The fourth-order valence-corrected chi connectivity index (χ4v) is 1.23. The molecule has 1 heterocycles. The summed E-state index contributed by atoms with van der Waals surface area (Å²) in [4.78, 5) is 11.6. The zero-order valence-corrected chi connectivity index (χ0v) is 8.88. The van der Waals surface area contributed by atoms with E-state index in [1.807, 2.05) is 0 Å². The Kier molecular flexibility index (Phi) is 4.31. The monoisotopic (exact) mass is 226 g/mol. The standard InChI is InChI=1S/C9H14N4O3/c1-2-7(8(10)13-15)9(14)11-5-6-3-4-12-16-6/h3-4,7,15H,2,5H2,1H3,(H2,10,13)(H,11,14). The van der Waals surface area contributed by atoms with Gasteiger partial charge < -0.3 is 20.8 Å². The molecule has 0 fully saturated rings. The van der Waals surface area contributed by atoms with Crippen LogP contribution >= 0.6 is 0 Å². The average Bonchev–Trinajstić information content (AvgIpc) is 2.79. The Morgan fingerprint density at radius 3 is 3.06 bits per heavy atom. The number of hydrogen-bond acceptors (Lipinski definition) is 5. The van der Waals surface area contributed by atoms with Crippen molar-refractivity contribution in [1.82, 2.24) is 10.5 Å². The molecule has 0 radical (unpaired) electrons. The molecule has 0 aliphatic heterocycles. The number of carbonyl (C=O) groups excluding carboxylic acids is 1. The van der Waals surface area contributed by atoms with Gasteiger partial charge in [-0.1, -0.05) is 17.2 Å². The second-order valence-corrected chi connectivity index (χ2v) is 3.18. The molecule has 1 rings (SSSR count). The highest BCUT2D eigenvalue weighted by atomic mass is 16.5. The third-order valence-corrected chi connectivity index (χ3v) is 2.13. The molecule has 1 aromatic heterocycles. The molecule has 88 valence electrons. The molecular weight excluding hydrogens is 212 g/mol. The van der Waals surface area contributed by atoms with Crippen molar-refractivity contribution in [2.75, 3.05) is 0 Å². The van der Waals surface area contributed by atoms with Crippen LogP contribution in [0.15, 0.2) is 21.9 Å². The quantitative estimate of drug-likeness (QED) is 0.284. The van der Waals surface area contributed by atoms with Crippen LogP contribution in [0.4, 0.5) is 0 Å². The van der Waals surface area contributed by atoms with Gasteiger partial charge in [0, 0.05) is 6.07 Å². The van der Waals surface area contributed by atoms with Crippen molar-refractivity contribution in [1.29, 1.82) is 0 Å². The molecule has 1 amide bonds. The van der Waals surface area contributed by atoms with Gasteiger partial charge in [0.2, 0.25) is 5.91 Å². The summed E-state index contributed by atoms with van der Waals surface area (Å²) in [5.74, 6) is -0.498. The Labute approximate surface area is 92.3 Å². The van der Waals surface area contributed by atoms with Crippen molar-refractivity contribution in [2.45, 2.75) is 19.9 Å². The first-order valence-electron chi connectivity index (χ1n) is 4.83. The van der Waals surface area contributed by atoms with Crippen molar-refractivity contribution in [3.8, 4) is 0 Å². The number of rotatable bonds is 5. The van der Waals surface area contributed by atoms with Crippen molar-refractivity contribution in [3.05, 3.63) is 18.0 Å². The smallest absolute Gasteiger partial charge is 0.231 e. The molecule has 4 N–H and O–H groups in total. The number of nitrogens with one attached hydrogen (secondary N) is 1. The van der Waals surface area contributed by atoms with Gasteiger partial charge in [0.05, 0.1) is 18.7 Å². The zero-order chi connectivity index (χ0) is 12.0. The lowest BCUT2D eigenvalue weighted by Gasteiger charge is -2.12. The van der Waals surface area contributed by atoms with Crippen LogP contribution in [0.1, 0.15) is 19.1 Å². The van der Waals surface area contributed by atoms with Crippen molar-refractivity contribution < 1.29 is 14.5 Å². The Morgan fingerprint density at radius 1 is 1.81 bits per heavy atom. The number of carbonyl (C=O) groups is 1. The van der Waals surface area contributed by atoms with Crippen LogP contribution in [-0.4, -0.2) is 22.1 Å². The normalized spacial score (nSPS) is 13.4. The summed E-state index contributed by atoms with van der Waals surface area (Å²) in [6.45, 7) is 2.00. The van der Waals surface area contributed by atoms with E-state index in [2.05, 4.69) is 15.6 Å². The Morgan fingerprint density at radius 2 is 2.56 bits per heavy atom. The minimum Gasteiger partial charge on any atom is -0.409 e. The molecular formula is C9H14N4O3. The first-order chi connectivity index (χ1) is 7.69. The van der Waals surface area contributed by atoms with Crippen molar-refractivity contribution in [2.24, 2.45) is 16.8 Å². The fraction of sp³-hybridized carbons (Fsp3) is 0.444. The van der Waals surface area contributed by atoms with E-state index in [0.29, 0.717) is 12.2 Å². The van der Waals surface area contributed by atoms with Crippen LogP contribution in [0.5, 0.6) is 0 Å². The van der Waals surface area contributed by atoms with E-state index in [1.165, 1.54) is 6.20 Å². The molecule has 7 heteroatoms. The van der Waals surface area contributed by atoms with Crippen LogP contribution < -0.4 is 11.1 Å². The van der Waals surface area contributed by atoms with Gasteiger partial charge in [0.1, 0.15) is 0 Å². The Bertz CT molecular complexity index is 361. The zero-order valence-electron chi connectivity index (χ0n) is 8.88. The molecule has 0 saturated carbocycles. The molecule has 1 aromatic rings. The summed E-state index contributed by atoms with van der Waals surface area (Å²) < 4.78 is 4.81. The van der Waals surface area contributed by atoms with Gasteiger partial charge in [-0.3, -0.25) is 4.79 Å². The maximum Gasteiger partial charge on any atom is 0.231 e. The summed E-state index contributed by atoms with van der Waals surface area (Å²) in [6.07, 6.45) is 1.94. The Balaban J connectivity index is 2.50. The summed E-state index contributed by atoms with van der Waals surface area (Å²) in [5, 5.41) is 17.4. The maximum absolute atomic E-state index is 11.6. The SMILES string of the molecule is CCC(C(=O)NCc1ccno1)C(N)=NO. The highest BCUT2D eigenvalue weighted by molar-refractivity contribution is 6.01. The number of amidine groups is 1. The lowest BCUT2D eigenvalue weighted by Crippen LogP contribution is -2.38. The molecule has 0 aliphatic carbocycles. The van der Waals surface area contributed by atoms with Gasteiger partial charge in [-0.2, -0.15) is 0 Å². The topological polar surface area (TPSA) is 114 Å². The summed E-state index contributed by atoms with van der Waals surface area (Å²) in [5.41, 5.74) is 5.38. The van der Waals surface area contributed by atoms with E-state index >= 15 is 0 Å². The largest absolute Gasteiger partial charge is 0.409 e. The van der Waals surface area contributed by atoms with E-state index in [4.69, 9.17) is 15.5 Å². The van der Waals surface area contributed by atoms with Crippen LogP contribution in [0.25, 0.3) is 0 Å². The van der Waals surface area contributed by atoms with Crippen LogP contribution in [-0.2, 0) is 11.3 Å². The highest BCUT2D eigenvalue weighted by Crippen LogP contribution is 2.04. The molecule has 1 unspecified atom stereocenters. The summed E-state index contributed by atoms with van der Waals surface area (Å²) in [6, 6.07) is 1.64. The van der Waals surface area contributed by atoms with E-state index in [1.54, 1.807) is 13.0 Å². The molecule has 16 heavy (non-hydrogen) atoms. The van der Waals surface area contributed by atoms with Gasteiger partial charge in [-0.25, -0.2) is 0 Å². The van der Waals surface area contributed by atoms with E-state index in [9.17, 15) is 4.79 Å². The first kappa shape index (κ1) is 12.0. The van der Waals surface area contributed by atoms with Gasteiger partial charge in [0.25, 0.3) is 0 Å². The molecule has 0 bridgehead atoms. The third kappa shape index (κ3) is 2.97. The Hall–Kier alpha value is -2.05. The highest BCUT2D eigenvalue weighted by Gasteiger charge is 2.20. The summed E-state index contributed by atoms with van der Waals surface area (Å²) in [7, 11) is 0. The van der Waals surface area contributed by atoms with Gasteiger partial charge in [0.15, 0.2) is 11.6 Å². The van der Waals surface area contributed by atoms with E-state index < -0.39 is 5.92 Å². The van der Waals surface area contributed by atoms with Gasteiger partial charge in [-0.15, -0.1) is 0 Å². The lowest BCUT2D eigenvalue weighted by molar-refractivity contribution is -0.123. The van der Waals surface area contributed by atoms with E-state index in [0.717, 1.165) is 0 Å². The molecule has 0 aromatic carbocycles. The molecule has 1 atom stereocenters. The number of oxime groups is 1. The average molecular weight is 226 g/mol. The van der Waals surface area contributed by atoms with Gasteiger partial charge >= 0.3 is 0 Å².